The van der Waals surface area contributed by atoms with Crippen molar-refractivity contribution >= 4 is 57.8 Å². The summed E-state index contributed by atoms with van der Waals surface area (Å²) in [5, 5.41) is 12.9. The third-order valence-corrected chi connectivity index (χ3v) is 5.93. The van der Waals surface area contributed by atoms with Crippen molar-refractivity contribution in [2.24, 2.45) is 0 Å². The Hall–Kier alpha value is -3.55. The topological polar surface area (TPSA) is 97.7 Å². The fraction of sp³-hybridized carbons (Fsp3) is 0.148. The maximum Gasteiger partial charge on any atom is 0.338 e. The molecule has 0 saturated carbocycles. The molecule has 0 unspecified atom stereocenters. The van der Waals surface area contributed by atoms with Crippen molar-refractivity contribution in [3.05, 3.63) is 91.5 Å². The summed E-state index contributed by atoms with van der Waals surface area (Å²) in [6, 6.07) is 19.0. The molecule has 3 aromatic carbocycles. The van der Waals surface area contributed by atoms with Gasteiger partial charge in [-0.3, -0.25) is 4.79 Å². The van der Waals surface area contributed by atoms with Crippen LogP contribution < -0.4 is 14.8 Å². The Kier molecular flexibility index (Phi) is 9.73. The number of methoxy groups -OCH3 is 1. The molecule has 3 aromatic rings. The molecule has 0 bridgehead atoms. The van der Waals surface area contributed by atoms with Crippen LogP contribution in [0.2, 0.25) is 5.02 Å². The number of rotatable bonds is 9. The molecule has 3 rings (SSSR count). The smallest absolute Gasteiger partial charge is 0.338 e. The maximum absolute atomic E-state index is 12.7. The number of hydrogen-bond donors (Lipinski definition) is 1. The zero-order valence-electron chi connectivity index (χ0n) is 19.5. The van der Waals surface area contributed by atoms with Gasteiger partial charge in [0.1, 0.15) is 18.2 Å². The molecule has 36 heavy (non-hydrogen) atoms. The fourth-order valence-electron chi connectivity index (χ4n) is 3.12. The highest BCUT2D eigenvalue weighted by Crippen LogP contribution is 2.35. The lowest BCUT2D eigenvalue weighted by molar-refractivity contribution is -0.112. The van der Waals surface area contributed by atoms with E-state index < -0.39 is 11.9 Å². The summed E-state index contributed by atoms with van der Waals surface area (Å²) in [6.07, 6.45) is 1.47. The van der Waals surface area contributed by atoms with Crippen molar-refractivity contribution in [1.82, 2.24) is 0 Å². The SMILES string of the molecule is CCOC(=O)c1ccc(NC(=O)/C(C#N)=C/c2cc(I)c(OCc3ccc(Cl)cc3)c(OC)c2)cc1. The van der Waals surface area contributed by atoms with Gasteiger partial charge in [-0.1, -0.05) is 23.7 Å². The van der Waals surface area contributed by atoms with E-state index in [0.717, 1.165) is 9.13 Å². The number of hydrogen-bond acceptors (Lipinski definition) is 6. The van der Waals surface area contributed by atoms with Gasteiger partial charge in [-0.2, -0.15) is 5.26 Å². The van der Waals surface area contributed by atoms with Crippen molar-refractivity contribution in [1.29, 1.82) is 5.26 Å². The number of amides is 1. The predicted molar refractivity (Wildman–Crippen MR) is 146 cm³/mol. The van der Waals surface area contributed by atoms with Crippen LogP contribution in [0.15, 0.2) is 66.2 Å². The third-order valence-electron chi connectivity index (χ3n) is 4.88. The third kappa shape index (κ3) is 7.23. The van der Waals surface area contributed by atoms with Gasteiger partial charge < -0.3 is 19.5 Å². The molecule has 9 heteroatoms. The monoisotopic (exact) mass is 616 g/mol. The van der Waals surface area contributed by atoms with Crippen molar-refractivity contribution in [2.45, 2.75) is 13.5 Å². The minimum Gasteiger partial charge on any atom is -0.493 e. The molecule has 0 atom stereocenters. The molecule has 7 nitrogen and oxygen atoms in total. The molecule has 0 spiro atoms. The highest BCUT2D eigenvalue weighted by atomic mass is 127. The maximum atomic E-state index is 12.7. The van der Waals surface area contributed by atoms with Crippen LogP contribution in [0.25, 0.3) is 6.08 Å². The number of carbonyl (C=O) groups is 2. The molecular weight excluding hydrogens is 595 g/mol. The van der Waals surface area contributed by atoms with Crippen LogP contribution in [0.5, 0.6) is 11.5 Å². The Bertz CT molecular complexity index is 1320. The molecule has 1 N–H and O–H groups in total. The summed E-state index contributed by atoms with van der Waals surface area (Å²) >= 11 is 8.05. The van der Waals surface area contributed by atoms with Gasteiger partial charge in [0.2, 0.25) is 0 Å². The number of ether oxygens (including phenoxy) is 3. The molecular formula is C27H22ClIN2O5. The number of nitriles is 1. The number of anilines is 1. The Morgan fingerprint density at radius 1 is 1.11 bits per heavy atom. The first-order chi connectivity index (χ1) is 17.3. The van der Waals surface area contributed by atoms with Gasteiger partial charge in [-0.25, -0.2) is 4.79 Å². The summed E-state index contributed by atoms with van der Waals surface area (Å²) in [5.41, 5.74) is 2.25. The van der Waals surface area contributed by atoms with Crippen LogP contribution >= 0.6 is 34.2 Å². The Balaban J connectivity index is 1.75. The average Bonchev–Trinajstić information content (AvgIpc) is 2.87. The molecule has 0 fully saturated rings. The molecule has 0 radical (unpaired) electrons. The molecule has 0 heterocycles. The van der Waals surface area contributed by atoms with Crippen LogP contribution in [0.3, 0.4) is 0 Å². The van der Waals surface area contributed by atoms with Crippen molar-refractivity contribution in [3.63, 3.8) is 0 Å². The highest BCUT2D eigenvalue weighted by Gasteiger charge is 2.15. The molecule has 0 aliphatic heterocycles. The van der Waals surface area contributed by atoms with Crippen LogP contribution in [0, 0.1) is 14.9 Å². The quantitative estimate of drug-likeness (QED) is 0.132. The van der Waals surface area contributed by atoms with Crippen LogP contribution in [-0.4, -0.2) is 25.6 Å². The van der Waals surface area contributed by atoms with E-state index in [1.165, 1.54) is 13.2 Å². The first kappa shape index (κ1) is 27.0. The fourth-order valence-corrected chi connectivity index (χ4v) is 4.02. The van der Waals surface area contributed by atoms with E-state index in [9.17, 15) is 14.9 Å². The van der Waals surface area contributed by atoms with Crippen molar-refractivity contribution < 1.29 is 23.8 Å². The first-order valence-electron chi connectivity index (χ1n) is 10.8. The van der Waals surface area contributed by atoms with E-state index in [2.05, 4.69) is 27.9 Å². The lowest BCUT2D eigenvalue weighted by Crippen LogP contribution is -2.13. The van der Waals surface area contributed by atoms with E-state index >= 15 is 0 Å². The second kappa shape index (κ2) is 13.0. The van der Waals surface area contributed by atoms with Gasteiger partial charge in [-0.05, 0) is 95.2 Å². The van der Waals surface area contributed by atoms with Crippen molar-refractivity contribution in [3.8, 4) is 17.6 Å². The second-order valence-corrected chi connectivity index (χ2v) is 8.97. The highest BCUT2D eigenvalue weighted by molar-refractivity contribution is 14.1. The number of halogens is 2. The number of nitrogens with one attached hydrogen (secondary N) is 1. The van der Waals surface area contributed by atoms with Gasteiger partial charge in [0, 0.05) is 10.7 Å². The van der Waals surface area contributed by atoms with E-state index in [4.69, 9.17) is 25.8 Å². The zero-order chi connectivity index (χ0) is 26.1. The molecule has 0 saturated heterocycles. The Labute approximate surface area is 227 Å². The summed E-state index contributed by atoms with van der Waals surface area (Å²) in [6.45, 7) is 2.31. The van der Waals surface area contributed by atoms with Gasteiger partial charge in [0.05, 0.1) is 22.9 Å². The standard InChI is InChI=1S/C27H22ClIN2O5/c1-3-35-27(33)19-6-10-22(11-7-19)31-26(32)20(15-30)12-18-13-23(29)25(24(14-18)34-2)36-16-17-4-8-21(28)9-5-17/h4-14H,3,16H2,1-2H3,(H,31,32)/b20-12+. The van der Waals surface area contributed by atoms with Crippen LogP contribution in [-0.2, 0) is 16.1 Å². The number of nitrogens with zero attached hydrogens (tertiary/aromatic N) is 1. The Morgan fingerprint density at radius 2 is 1.81 bits per heavy atom. The van der Waals surface area contributed by atoms with E-state index in [0.29, 0.717) is 39.9 Å². The van der Waals surface area contributed by atoms with Gasteiger partial charge in [-0.15, -0.1) is 0 Å². The normalized spacial score (nSPS) is 10.8. The number of benzene rings is 3. The van der Waals surface area contributed by atoms with E-state index in [-0.39, 0.29) is 12.2 Å². The minimum atomic E-state index is -0.585. The van der Waals surface area contributed by atoms with Gasteiger partial charge in [0.25, 0.3) is 5.91 Å². The largest absolute Gasteiger partial charge is 0.493 e. The van der Waals surface area contributed by atoms with Crippen molar-refractivity contribution in [2.75, 3.05) is 19.0 Å². The average molecular weight is 617 g/mol. The van der Waals surface area contributed by atoms with Gasteiger partial charge in [0.15, 0.2) is 11.5 Å². The summed E-state index contributed by atoms with van der Waals surface area (Å²) < 4.78 is 17.2. The zero-order valence-corrected chi connectivity index (χ0v) is 22.4. The summed E-state index contributed by atoms with van der Waals surface area (Å²) in [5.74, 6) is -0.0141. The Morgan fingerprint density at radius 3 is 2.42 bits per heavy atom. The lowest BCUT2D eigenvalue weighted by atomic mass is 10.1. The summed E-state index contributed by atoms with van der Waals surface area (Å²) in [7, 11) is 1.52. The van der Waals surface area contributed by atoms with E-state index in [1.54, 1.807) is 55.5 Å². The molecule has 1 amide bonds. The lowest BCUT2D eigenvalue weighted by Gasteiger charge is -2.14. The van der Waals surface area contributed by atoms with E-state index in [1.807, 2.05) is 18.2 Å². The van der Waals surface area contributed by atoms with Crippen LogP contribution in [0.1, 0.15) is 28.4 Å². The first-order valence-corrected chi connectivity index (χ1v) is 12.2. The molecule has 0 aliphatic rings. The number of carbonyl (C=O) groups excluding carboxylic acids is 2. The second-order valence-electron chi connectivity index (χ2n) is 7.37. The molecule has 0 aromatic heterocycles. The van der Waals surface area contributed by atoms with Gasteiger partial charge >= 0.3 is 5.97 Å². The molecule has 0 aliphatic carbocycles. The summed E-state index contributed by atoms with van der Waals surface area (Å²) in [4.78, 5) is 24.5. The predicted octanol–water partition coefficient (Wildman–Crippen LogP) is 6.25. The minimum absolute atomic E-state index is 0.0999. The van der Waals surface area contributed by atoms with Crippen LogP contribution in [0.4, 0.5) is 5.69 Å². The molecule has 184 valence electrons. The number of esters is 1.